The maximum atomic E-state index is 12.9. The molecule has 1 aromatic heterocycles. The van der Waals surface area contributed by atoms with Crippen LogP contribution in [-0.2, 0) is 0 Å². The monoisotopic (exact) mass is 331 g/mol. The zero-order valence-corrected chi connectivity index (χ0v) is 13.8. The van der Waals surface area contributed by atoms with Crippen molar-refractivity contribution in [3.8, 4) is 5.88 Å². The van der Waals surface area contributed by atoms with Crippen LogP contribution in [0.3, 0.4) is 0 Å². The van der Waals surface area contributed by atoms with Crippen molar-refractivity contribution < 1.29 is 9.53 Å². The van der Waals surface area contributed by atoms with E-state index in [0.29, 0.717) is 16.6 Å². The molecular weight excluding hydrogens is 314 g/mol. The van der Waals surface area contributed by atoms with Gasteiger partial charge >= 0.3 is 0 Å². The molecule has 1 aromatic carbocycles. The molecule has 0 saturated heterocycles. The normalized spacial score (nSPS) is 15.1. The number of nitrogens with zero attached hydrogens (tertiary/aromatic N) is 3. The van der Waals surface area contributed by atoms with E-state index in [1.807, 2.05) is 36.1 Å². The van der Waals surface area contributed by atoms with Gasteiger partial charge in [0.25, 0.3) is 5.91 Å². The maximum Gasteiger partial charge on any atom is 0.275 e. The second-order valence-electron chi connectivity index (χ2n) is 5.63. The summed E-state index contributed by atoms with van der Waals surface area (Å²) >= 11 is 5.95. The standard InChI is InChI=1S/C17H18ClN3O2/c1-11(12-3-5-13(18)6-4-12)21(14-7-8-14)17(22)15-9-10-16(23-2)20-19-15/h3-6,9-11,14H,7-8H2,1-2H3/t11-/m1/s1. The van der Waals surface area contributed by atoms with E-state index >= 15 is 0 Å². The van der Waals surface area contributed by atoms with E-state index in [-0.39, 0.29) is 18.0 Å². The highest BCUT2D eigenvalue weighted by atomic mass is 35.5. The molecule has 0 unspecified atom stereocenters. The van der Waals surface area contributed by atoms with Crippen molar-refractivity contribution in [1.29, 1.82) is 0 Å². The molecule has 0 N–H and O–H groups in total. The molecule has 0 bridgehead atoms. The van der Waals surface area contributed by atoms with Gasteiger partial charge in [0.2, 0.25) is 5.88 Å². The molecule has 1 aliphatic rings. The Labute approximate surface area is 140 Å². The molecule has 23 heavy (non-hydrogen) atoms. The lowest BCUT2D eigenvalue weighted by molar-refractivity contribution is 0.0666. The summed E-state index contributed by atoms with van der Waals surface area (Å²) < 4.78 is 4.99. The summed E-state index contributed by atoms with van der Waals surface area (Å²) in [5, 5.41) is 8.56. The third kappa shape index (κ3) is 3.45. The van der Waals surface area contributed by atoms with E-state index in [0.717, 1.165) is 18.4 Å². The molecule has 5 nitrogen and oxygen atoms in total. The number of carbonyl (C=O) groups excluding carboxylic acids is 1. The van der Waals surface area contributed by atoms with Crippen molar-refractivity contribution in [1.82, 2.24) is 15.1 Å². The molecule has 0 aliphatic heterocycles. The van der Waals surface area contributed by atoms with Crippen LogP contribution < -0.4 is 4.74 Å². The number of carbonyl (C=O) groups is 1. The number of halogens is 1. The Morgan fingerprint density at radius 2 is 1.91 bits per heavy atom. The van der Waals surface area contributed by atoms with Gasteiger partial charge in [-0.15, -0.1) is 10.2 Å². The molecule has 0 radical (unpaired) electrons. The Morgan fingerprint density at radius 1 is 1.22 bits per heavy atom. The molecule has 6 heteroatoms. The molecule has 1 aliphatic carbocycles. The Bertz CT molecular complexity index is 684. The highest BCUT2D eigenvalue weighted by molar-refractivity contribution is 6.30. The van der Waals surface area contributed by atoms with Gasteiger partial charge < -0.3 is 9.64 Å². The predicted molar refractivity (Wildman–Crippen MR) is 87.6 cm³/mol. The number of methoxy groups -OCH3 is 1. The molecule has 1 amide bonds. The number of benzene rings is 1. The van der Waals surface area contributed by atoms with Crippen LogP contribution in [0.25, 0.3) is 0 Å². The van der Waals surface area contributed by atoms with Gasteiger partial charge in [0, 0.05) is 17.1 Å². The van der Waals surface area contributed by atoms with Gasteiger partial charge in [0.15, 0.2) is 5.69 Å². The van der Waals surface area contributed by atoms with Crippen molar-refractivity contribution in [3.63, 3.8) is 0 Å². The van der Waals surface area contributed by atoms with Gasteiger partial charge in [0.05, 0.1) is 13.2 Å². The van der Waals surface area contributed by atoms with Crippen molar-refractivity contribution in [2.45, 2.75) is 31.8 Å². The van der Waals surface area contributed by atoms with Gasteiger partial charge in [0.1, 0.15) is 0 Å². The molecule has 1 heterocycles. The first-order chi connectivity index (χ1) is 11.1. The first-order valence-electron chi connectivity index (χ1n) is 7.56. The topological polar surface area (TPSA) is 55.3 Å². The van der Waals surface area contributed by atoms with Gasteiger partial charge in [-0.2, -0.15) is 0 Å². The van der Waals surface area contributed by atoms with Gasteiger partial charge in [-0.3, -0.25) is 4.79 Å². The third-order valence-electron chi connectivity index (χ3n) is 4.01. The second-order valence-corrected chi connectivity index (χ2v) is 6.07. The lowest BCUT2D eigenvalue weighted by Crippen LogP contribution is -2.36. The van der Waals surface area contributed by atoms with E-state index in [2.05, 4.69) is 10.2 Å². The number of hydrogen-bond acceptors (Lipinski definition) is 4. The van der Waals surface area contributed by atoms with Crippen LogP contribution in [0.2, 0.25) is 5.02 Å². The summed E-state index contributed by atoms with van der Waals surface area (Å²) in [6.45, 7) is 2.02. The van der Waals surface area contributed by atoms with E-state index in [1.54, 1.807) is 12.1 Å². The largest absolute Gasteiger partial charge is 0.480 e. The summed E-state index contributed by atoms with van der Waals surface area (Å²) in [4.78, 5) is 14.8. The van der Waals surface area contributed by atoms with Crippen molar-refractivity contribution >= 4 is 17.5 Å². The fourth-order valence-corrected chi connectivity index (χ4v) is 2.71. The Balaban J connectivity index is 1.85. The summed E-state index contributed by atoms with van der Waals surface area (Å²) in [6.07, 6.45) is 2.04. The average Bonchev–Trinajstić information content (AvgIpc) is 3.40. The highest BCUT2D eigenvalue weighted by Crippen LogP contribution is 2.35. The smallest absolute Gasteiger partial charge is 0.275 e. The number of ether oxygens (including phenoxy) is 1. The van der Waals surface area contributed by atoms with Crippen LogP contribution in [0.5, 0.6) is 5.88 Å². The first kappa shape index (κ1) is 15.7. The van der Waals surface area contributed by atoms with E-state index in [4.69, 9.17) is 16.3 Å². The van der Waals surface area contributed by atoms with Crippen molar-refractivity contribution in [2.75, 3.05) is 7.11 Å². The fourth-order valence-electron chi connectivity index (χ4n) is 2.59. The molecule has 1 fully saturated rings. The van der Waals surface area contributed by atoms with Gasteiger partial charge in [-0.1, -0.05) is 23.7 Å². The lowest BCUT2D eigenvalue weighted by Gasteiger charge is -2.29. The first-order valence-corrected chi connectivity index (χ1v) is 7.94. The maximum absolute atomic E-state index is 12.9. The van der Waals surface area contributed by atoms with Crippen LogP contribution in [-0.4, -0.2) is 34.2 Å². The molecular formula is C17H18ClN3O2. The molecule has 3 rings (SSSR count). The number of rotatable bonds is 5. The molecule has 1 atom stereocenters. The zero-order valence-electron chi connectivity index (χ0n) is 13.1. The minimum atomic E-state index is -0.106. The van der Waals surface area contributed by atoms with E-state index in [9.17, 15) is 4.79 Å². The van der Waals surface area contributed by atoms with Crippen molar-refractivity contribution in [3.05, 3.63) is 52.7 Å². The highest BCUT2D eigenvalue weighted by Gasteiger charge is 2.37. The Hall–Kier alpha value is -2.14. The van der Waals surface area contributed by atoms with Gasteiger partial charge in [-0.05, 0) is 43.5 Å². The minimum Gasteiger partial charge on any atom is -0.480 e. The summed E-state index contributed by atoms with van der Waals surface area (Å²) in [5.41, 5.74) is 1.38. The lowest BCUT2D eigenvalue weighted by atomic mass is 10.1. The molecule has 1 saturated carbocycles. The van der Waals surface area contributed by atoms with Crippen LogP contribution in [0.15, 0.2) is 36.4 Å². The number of amides is 1. The Kier molecular flexibility index (Phi) is 4.48. The van der Waals surface area contributed by atoms with E-state index < -0.39 is 0 Å². The molecule has 120 valence electrons. The molecule has 2 aromatic rings. The summed E-state index contributed by atoms with van der Waals surface area (Å²) in [7, 11) is 1.52. The summed E-state index contributed by atoms with van der Waals surface area (Å²) in [6, 6.07) is 11.1. The molecule has 0 spiro atoms. The average molecular weight is 332 g/mol. The fraction of sp³-hybridized carbons (Fsp3) is 0.353. The van der Waals surface area contributed by atoms with Crippen LogP contribution in [0, 0.1) is 0 Å². The predicted octanol–water partition coefficient (Wildman–Crippen LogP) is 3.50. The third-order valence-corrected chi connectivity index (χ3v) is 4.26. The summed E-state index contributed by atoms with van der Waals surface area (Å²) in [5.74, 6) is 0.287. The van der Waals surface area contributed by atoms with Crippen LogP contribution in [0.1, 0.15) is 41.9 Å². The zero-order chi connectivity index (χ0) is 16.4. The Morgan fingerprint density at radius 3 is 2.43 bits per heavy atom. The van der Waals surface area contributed by atoms with Crippen LogP contribution in [0.4, 0.5) is 0 Å². The minimum absolute atomic E-state index is 0.0452. The van der Waals surface area contributed by atoms with Crippen LogP contribution >= 0.6 is 11.6 Å². The number of aromatic nitrogens is 2. The van der Waals surface area contributed by atoms with Crippen molar-refractivity contribution in [2.24, 2.45) is 0 Å². The number of hydrogen-bond donors (Lipinski definition) is 0. The SMILES string of the molecule is COc1ccc(C(=O)N(C2CC2)[C@H](C)c2ccc(Cl)cc2)nn1. The van der Waals surface area contributed by atoms with Gasteiger partial charge in [-0.25, -0.2) is 0 Å². The van der Waals surface area contributed by atoms with E-state index in [1.165, 1.54) is 7.11 Å². The second kappa shape index (κ2) is 6.54. The quantitative estimate of drug-likeness (QED) is 0.841.